The van der Waals surface area contributed by atoms with E-state index in [1.165, 1.54) is 11.1 Å². The minimum atomic E-state index is 0. The summed E-state index contributed by atoms with van der Waals surface area (Å²) in [6.45, 7) is 3.92. The highest BCUT2D eigenvalue weighted by Crippen LogP contribution is 2.22. The second kappa shape index (κ2) is 8.55. The van der Waals surface area contributed by atoms with Crippen LogP contribution in [0.25, 0.3) is 11.0 Å². The molecule has 4 rings (SSSR count). The number of amides is 1. The molecule has 1 aromatic heterocycles. The molecule has 6 heteroatoms. The predicted octanol–water partition coefficient (Wildman–Crippen LogP) is 3.02. The number of para-hydroxylation sites is 2. The second-order valence-corrected chi connectivity index (χ2v) is 6.72. The number of nitrogens with one attached hydrogen (secondary N) is 2. The fraction of sp³-hybridized carbons (Fsp3) is 0.333. The predicted molar refractivity (Wildman–Crippen MR) is 110 cm³/mol. The van der Waals surface area contributed by atoms with Gasteiger partial charge in [-0.25, -0.2) is 4.98 Å². The van der Waals surface area contributed by atoms with Crippen LogP contribution in [0.15, 0.2) is 48.5 Å². The zero-order valence-corrected chi connectivity index (χ0v) is 16.3. The molecule has 0 aliphatic carbocycles. The van der Waals surface area contributed by atoms with Gasteiger partial charge in [0.1, 0.15) is 12.4 Å². The van der Waals surface area contributed by atoms with E-state index in [1.807, 2.05) is 28.8 Å². The Morgan fingerprint density at radius 2 is 2.00 bits per heavy atom. The van der Waals surface area contributed by atoms with E-state index < -0.39 is 0 Å². The lowest BCUT2D eigenvalue weighted by atomic mass is 9.94. The summed E-state index contributed by atoms with van der Waals surface area (Å²) in [6.07, 6.45) is 1.85. The van der Waals surface area contributed by atoms with Gasteiger partial charge in [0.2, 0.25) is 5.91 Å². The molecule has 5 nitrogen and oxygen atoms in total. The van der Waals surface area contributed by atoms with Gasteiger partial charge in [-0.05, 0) is 36.2 Å². The van der Waals surface area contributed by atoms with E-state index in [0.29, 0.717) is 13.1 Å². The maximum atomic E-state index is 12.6. The Morgan fingerprint density at radius 1 is 1.22 bits per heavy atom. The molecular weight excluding hydrogens is 360 g/mol. The SMILES string of the molecule is CCc1nc2ccccc2n1CC(=O)NCC1NCCc2ccccc21.Cl. The van der Waals surface area contributed by atoms with Crippen LogP contribution >= 0.6 is 12.4 Å². The molecule has 2 heterocycles. The van der Waals surface area contributed by atoms with Crippen LogP contribution in [0.4, 0.5) is 0 Å². The van der Waals surface area contributed by atoms with Gasteiger partial charge in [-0.1, -0.05) is 43.3 Å². The Bertz CT molecular complexity index is 937. The average molecular weight is 385 g/mol. The van der Waals surface area contributed by atoms with Crippen LogP contribution in [-0.4, -0.2) is 28.5 Å². The zero-order chi connectivity index (χ0) is 17.9. The smallest absolute Gasteiger partial charge is 0.240 e. The van der Waals surface area contributed by atoms with E-state index in [0.717, 1.165) is 36.2 Å². The molecule has 0 saturated heterocycles. The lowest BCUT2D eigenvalue weighted by molar-refractivity contribution is -0.121. The van der Waals surface area contributed by atoms with Crippen LogP contribution in [0.5, 0.6) is 0 Å². The molecule has 1 amide bonds. The molecule has 0 bridgehead atoms. The zero-order valence-electron chi connectivity index (χ0n) is 15.4. The van der Waals surface area contributed by atoms with Crippen molar-refractivity contribution in [1.29, 1.82) is 0 Å². The largest absolute Gasteiger partial charge is 0.353 e. The van der Waals surface area contributed by atoms with Crippen LogP contribution < -0.4 is 10.6 Å². The van der Waals surface area contributed by atoms with Gasteiger partial charge < -0.3 is 15.2 Å². The third-order valence-electron chi connectivity index (χ3n) is 5.07. The highest BCUT2D eigenvalue weighted by atomic mass is 35.5. The van der Waals surface area contributed by atoms with Gasteiger partial charge in [0.25, 0.3) is 0 Å². The number of carbonyl (C=O) groups excluding carboxylic acids is 1. The third-order valence-corrected chi connectivity index (χ3v) is 5.07. The van der Waals surface area contributed by atoms with Gasteiger partial charge in [-0.15, -0.1) is 12.4 Å². The quantitative estimate of drug-likeness (QED) is 0.710. The minimum Gasteiger partial charge on any atom is -0.353 e. The molecule has 1 unspecified atom stereocenters. The normalized spacial score (nSPS) is 15.8. The number of carbonyl (C=O) groups is 1. The molecule has 0 fully saturated rings. The van der Waals surface area contributed by atoms with E-state index in [2.05, 4.69) is 46.8 Å². The fourth-order valence-electron chi connectivity index (χ4n) is 3.76. The summed E-state index contributed by atoms with van der Waals surface area (Å²) in [5.74, 6) is 0.968. The first kappa shape index (κ1) is 19.4. The minimum absolute atomic E-state index is 0. The van der Waals surface area contributed by atoms with Gasteiger partial charge in [0, 0.05) is 19.0 Å². The van der Waals surface area contributed by atoms with Crippen molar-refractivity contribution in [3.63, 3.8) is 0 Å². The number of halogens is 1. The van der Waals surface area contributed by atoms with Crippen molar-refractivity contribution in [3.05, 3.63) is 65.5 Å². The number of fused-ring (bicyclic) bond motifs is 2. The molecule has 1 aliphatic heterocycles. The molecule has 0 spiro atoms. The topological polar surface area (TPSA) is 59.0 Å². The van der Waals surface area contributed by atoms with Gasteiger partial charge in [-0.2, -0.15) is 0 Å². The monoisotopic (exact) mass is 384 g/mol. The van der Waals surface area contributed by atoms with Crippen LogP contribution in [-0.2, 0) is 24.2 Å². The van der Waals surface area contributed by atoms with Crippen molar-refractivity contribution in [2.24, 2.45) is 0 Å². The number of hydrogen-bond donors (Lipinski definition) is 2. The molecule has 142 valence electrons. The number of rotatable bonds is 5. The number of imidazole rings is 1. The number of nitrogens with zero attached hydrogens (tertiary/aromatic N) is 2. The van der Waals surface area contributed by atoms with E-state index >= 15 is 0 Å². The molecule has 1 aliphatic rings. The maximum Gasteiger partial charge on any atom is 0.240 e. The third kappa shape index (κ3) is 3.99. The van der Waals surface area contributed by atoms with Crippen LogP contribution in [0.3, 0.4) is 0 Å². The molecular formula is C21H25ClN4O. The average Bonchev–Trinajstić information content (AvgIpc) is 3.04. The lowest BCUT2D eigenvalue weighted by Crippen LogP contribution is -2.39. The Morgan fingerprint density at radius 3 is 2.85 bits per heavy atom. The first-order valence-electron chi connectivity index (χ1n) is 9.28. The van der Waals surface area contributed by atoms with Crippen molar-refractivity contribution in [2.45, 2.75) is 32.4 Å². The number of aromatic nitrogens is 2. The Labute approximate surface area is 165 Å². The lowest BCUT2D eigenvalue weighted by Gasteiger charge is -2.27. The summed E-state index contributed by atoms with van der Waals surface area (Å²) in [4.78, 5) is 17.2. The van der Waals surface area contributed by atoms with Crippen LogP contribution in [0.2, 0.25) is 0 Å². The molecule has 0 radical (unpaired) electrons. The van der Waals surface area contributed by atoms with Gasteiger partial charge in [0.15, 0.2) is 0 Å². The van der Waals surface area contributed by atoms with E-state index in [-0.39, 0.29) is 24.4 Å². The maximum absolute atomic E-state index is 12.6. The summed E-state index contributed by atoms with van der Waals surface area (Å²) in [5, 5.41) is 6.61. The Hall–Kier alpha value is -2.37. The van der Waals surface area contributed by atoms with Crippen LogP contribution in [0.1, 0.15) is 29.9 Å². The van der Waals surface area contributed by atoms with E-state index in [4.69, 9.17) is 0 Å². The molecule has 3 aromatic rings. The van der Waals surface area contributed by atoms with Gasteiger partial charge in [0.05, 0.1) is 11.0 Å². The summed E-state index contributed by atoms with van der Waals surface area (Å²) >= 11 is 0. The molecule has 0 saturated carbocycles. The Balaban J connectivity index is 0.00000210. The molecule has 2 aromatic carbocycles. The summed E-state index contributed by atoms with van der Waals surface area (Å²) in [6, 6.07) is 16.6. The van der Waals surface area contributed by atoms with Crippen molar-refractivity contribution >= 4 is 29.3 Å². The fourth-order valence-corrected chi connectivity index (χ4v) is 3.76. The molecule has 2 N–H and O–H groups in total. The number of aryl methyl sites for hydroxylation is 1. The van der Waals surface area contributed by atoms with E-state index in [9.17, 15) is 4.79 Å². The van der Waals surface area contributed by atoms with Crippen molar-refractivity contribution in [2.75, 3.05) is 13.1 Å². The highest BCUT2D eigenvalue weighted by Gasteiger charge is 2.20. The van der Waals surface area contributed by atoms with E-state index in [1.54, 1.807) is 0 Å². The number of hydrogen-bond acceptors (Lipinski definition) is 3. The van der Waals surface area contributed by atoms with Gasteiger partial charge in [-0.3, -0.25) is 4.79 Å². The summed E-state index contributed by atoms with van der Waals surface area (Å²) in [7, 11) is 0. The highest BCUT2D eigenvalue weighted by molar-refractivity contribution is 5.85. The first-order chi connectivity index (χ1) is 12.8. The van der Waals surface area contributed by atoms with Crippen molar-refractivity contribution in [3.8, 4) is 0 Å². The van der Waals surface area contributed by atoms with Crippen LogP contribution in [0, 0.1) is 0 Å². The molecule has 27 heavy (non-hydrogen) atoms. The van der Waals surface area contributed by atoms with Crippen molar-refractivity contribution in [1.82, 2.24) is 20.2 Å². The molecule has 1 atom stereocenters. The van der Waals surface area contributed by atoms with Crippen molar-refractivity contribution < 1.29 is 4.79 Å². The summed E-state index contributed by atoms with van der Waals surface area (Å²) < 4.78 is 2.02. The number of benzene rings is 2. The Kier molecular flexibility index (Phi) is 6.14. The van der Waals surface area contributed by atoms with Gasteiger partial charge >= 0.3 is 0 Å². The second-order valence-electron chi connectivity index (χ2n) is 6.72. The standard InChI is InChI=1S/C21H24N4O.ClH/c1-2-20-24-17-9-5-6-10-19(17)25(20)14-21(26)23-13-18-16-8-4-3-7-15(16)11-12-22-18;/h3-10,18,22H,2,11-14H2,1H3,(H,23,26);1H. The first-order valence-corrected chi connectivity index (χ1v) is 9.28. The summed E-state index contributed by atoms with van der Waals surface area (Å²) in [5.41, 5.74) is 4.63.